The molecule has 0 aliphatic heterocycles. The standard InChI is InChI=1S/C8H7Cl2PS/c9-11(10,12)7-6-8-4-2-1-3-5-8/h1-7H/b7-6+. The van der Waals surface area contributed by atoms with E-state index in [1.54, 1.807) is 5.82 Å². The average molecular weight is 237 g/mol. The lowest BCUT2D eigenvalue weighted by atomic mass is 10.2. The van der Waals surface area contributed by atoms with Crippen molar-refractivity contribution in [2.24, 2.45) is 0 Å². The van der Waals surface area contributed by atoms with Crippen molar-refractivity contribution in [3.8, 4) is 0 Å². The summed E-state index contributed by atoms with van der Waals surface area (Å²) in [5.74, 6) is 1.68. The summed E-state index contributed by atoms with van der Waals surface area (Å²) in [4.78, 5) is 0. The summed E-state index contributed by atoms with van der Waals surface area (Å²) in [6.07, 6.45) is 1.85. The fourth-order valence-electron chi connectivity index (χ4n) is 0.737. The SMILES string of the molecule is S=P(Cl)(Cl)/C=C/c1ccccc1. The minimum Gasteiger partial charge on any atom is -0.0639 e. The van der Waals surface area contributed by atoms with Gasteiger partial charge in [0.2, 0.25) is 0 Å². The Hall–Kier alpha value is 0.190. The molecule has 0 N–H and O–H groups in total. The summed E-state index contributed by atoms with van der Waals surface area (Å²) in [6, 6.07) is 9.79. The van der Waals surface area contributed by atoms with Gasteiger partial charge >= 0.3 is 0 Å². The molecule has 0 saturated carbocycles. The third kappa shape index (κ3) is 4.27. The smallest absolute Gasteiger partial charge is 0.0639 e. The molecule has 0 heterocycles. The zero-order chi connectivity index (χ0) is 9.03. The molecule has 0 radical (unpaired) electrons. The molecule has 1 aromatic carbocycles. The van der Waals surface area contributed by atoms with Gasteiger partial charge in [0.05, 0.1) is 0 Å². The molecule has 0 aliphatic carbocycles. The topological polar surface area (TPSA) is 0 Å². The number of hydrogen-bond donors (Lipinski definition) is 0. The van der Waals surface area contributed by atoms with E-state index < -0.39 is 4.74 Å². The van der Waals surface area contributed by atoms with Crippen molar-refractivity contribution < 1.29 is 0 Å². The van der Waals surface area contributed by atoms with Gasteiger partial charge in [-0.05, 0) is 11.4 Å². The Morgan fingerprint density at radius 1 is 1.17 bits per heavy atom. The molecule has 0 atom stereocenters. The van der Waals surface area contributed by atoms with Crippen LogP contribution in [0.15, 0.2) is 36.1 Å². The highest BCUT2D eigenvalue weighted by Crippen LogP contribution is 2.58. The van der Waals surface area contributed by atoms with Crippen LogP contribution in [0.4, 0.5) is 0 Å². The maximum absolute atomic E-state index is 5.69. The molecular formula is C8H7Cl2PS. The normalized spacial score (nSPS) is 12.2. The third-order valence-electron chi connectivity index (χ3n) is 1.24. The number of hydrogen-bond acceptors (Lipinski definition) is 1. The van der Waals surface area contributed by atoms with Crippen LogP contribution in [-0.2, 0) is 11.8 Å². The summed E-state index contributed by atoms with van der Waals surface area (Å²) < 4.78 is -2.23. The quantitative estimate of drug-likeness (QED) is 0.685. The first kappa shape index (κ1) is 10.3. The minimum atomic E-state index is -2.23. The number of rotatable bonds is 2. The zero-order valence-corrected chi connectivity index (χ0v) is 9.38. The van der Waals surface area contributed by atoms with E-state index in [2.05, 4.69) is 0 Å². The lowest BCUT2D eigenvalue weighted by Gasteiger charge is -1.95. The maximum atomic E-state index is 5.69. The molecule has 0 aromatic heterocycles. The van der Waals surface area contributed by atoms with Crippen LogP contribution in [0.3, 0.4) is 0 Å². The monoisotopic (exact) mass is 236 g/mol. The Balaban J connectivity index is 2.78. The van der Waals surface area contributed by atoms with E-state index in [1.165, 1.54) is 0 Å². The van der Waals surface area contributed by atoms with Gasteiger partial charge in [-0.15, -0.1) is 0 Å². The van der Waals surface area contributed by atoms with Crippen molar-refractivity contribution in [3.05, 3.63) is 41.7 Å². The van der Waals surface area contributed by atoms with Crippen molar-refractivity contribution >= 4 is 45.1 Å². The zero-order valence-electron chi connectivity index (χ0n) is 6.15. The maximum Gasteiger partial charge on any atom is 0.140 e. The van der Waals surface area contributed by atoms with Crippen LogP contribution in [0.25, 0.3) is 6.08 Å². The van der Waals surface area contributed by atoms with E-state index in [1.807, 2.05) is 36.4 Å². The molecule has 12 heavy (non-hydrogen) atoms. The van der Waals surface area contributed by atoms with Gasteiger partial charge in [0.25, 0.3) is 0 Å². The highest BCUT2D eigenvalue weighted by molar-refractivity contribution is 8.40. The van der Waals surface area contributed by atoms with Gasteiger partial charge in [-0.3, -0.25) is 0 Å². The summed E-state index contributed by atoms with van der Waals surface area (Å²) in [7, 11) is 0. The molecule has 0 fully saturated rings. The molecule has 1 rings (SSSR count). The van der Waals surface area contributed by atoms with E-state index in [0.29, 0.717) is 0 Å². The van der Waals surface area contributed by atoms with Crippen LogP contribution in [0.5, 0.6) is 0 Å². The first-order valence-corrected chi connectivity index (χ1v) is 7.99. The van der Waals surface area contributed by atoms with Crippen LogP contribution in [0, 0.1) is 0 Å². The molecule has 0 saturated heterocycles. The Labute approximate surface area is 86.8 Å². The van der Waals surface area contributed by atoms with Crippen LogP contribution in [0.1, 0.15) is 5.56 Å². The second-order valence-corrected chi connectivity index (χ2v) is 10.2. The third-order valence-corrected chi connectivity index (χ3v) is 2.78. The molecule has 64 valence electrons. The van der Waals surface area contributed by atoms with Gasteiger partial charge in [0, 0.05) is 0 Å². The highest BCUT2D eigenvalue weighted by Gasteiger charge is 1.99. The molecule has 0 aliphatic rings. The summed E-state index contributed by atoms with van der Waals surface area (Å²) in [6.45, 7) is 0. The van der Waals surface area contributed by atoms with Crippen LogP contribution in [-0.4, -0.2) is 0 Å². The van der Waals surface area contributed by atoms with Crippen LogP contribution < -0.4 is 0 Å². The van der Waals surface area contributed by atoms with E-state index in [-0.39, 0.29) is 0 Å². The molecule has 0 amide bonds. The van der Waals surface area contributed by atoms with Crippen molar-refractivity contribution in [2.45, 2.75) is 0 Å². The fraction of sp³-hybridized carbons (Fsp3) is 0. The molecular weight excluding hydrogens is 230 g/mol. The van der Waals surface area contributed by atoms with Crippen molar-refractivity contribution in [2.75, 3.05) is 0 Å². The first-order valence-electron chi connectivity index (χ1n) is 3.31. The Morgan fingerprint density at radius 2 is 1.75 bits per heavy atom. The second-order valence-electron chi connectivity index (χ2n) is 2.23. The van der Waals surface area contributed by atoms with Crippen molar-refractivity contribution in [3.63, 3.8) is 0 Å². The largest absolute Gasteiger partial charge is 0.140 e. The summed E-state index contributed by atoms with van der Waals surface area (Å²) in [5.41, 5.74) is 1.06. The Kier molecular flexibility index (Phi) is 3.79. The summed E-state index contributed by atoms with van der Waals surface area (Å²) >= 11 is 16.2. The predicted molar refractivity (Wildman–Crippen MR) is 61.5 cm³/mol. The minimum absolute atomic E-state index is 1.06. The Morgan fingerprint density at radius 3 is 2.25 bits per heavy atom. The second kappa shape index (κ2) is 4.43. The lowest BCUT2D eigenvalue weighted by molar-refractivity contribution is 1.67. The first-order chi connectivity index (χ1) is 5.58. The molecule has 1 aromatic rings. The predicted octanol–water partition coefficient (Wildman–Crippen LogP) is 4.44. The van der Waals surface area contributed by atoms with Gasteiger partial charge in [-0.1, -0.05) is 70.7 Å². The lowest BCUT2D eigenvalue weighted by Crippen LogP contribution is -1.66. The van der Waals surface area contributed by atoms with E-state index in [4.69, 9.17) is 34.3 Å². The Bertz CT molecular complexity index is 315. The average Bonchev–Trinajstić information content (AvgIpc) is 2.02. The summed E-state index contributed by atoms with van der Waals surface area (Å²) in [5, 5.41) is 0. The number of benzene rings is 1. The molecule has 0 unspecified atom stereocenters. The van der Waals surface area contributed by atoms with Crippen LogP contribution >= 0.6 is 27.2 Å². The van der Waals surface area contributed by atoms with Gasteiger partial charge in [-0.25, -0.2) is 0 Å². The van der Waals surface area contributed by atoms with E-state index >= 15 is 0 Å². The molecule has 0 nitrogen and oxygen atoms in total. The molecule has 0 spiro atoms. The van der Waals surface area contributed by atoms with Gasteiger partial charge < -0.3 is 0 Å². The highest BCUT2D eigenvalue weighted by atomic mass is 35.9. The van der Waals surface area contributed by atoms with Crippen molar-refractivity contribution in [1.29, 1.82) is 0 Å². The molecule has 0 bridgehead atoms. The van der Waals surface area contributed by atoms with Crippen LogP contribution in [0.2, 0.25) is 0 Å². The van der Waals surface area contributed by atoms with Gasteiger partial charge in [-0.2, -0.15) is 0 Å². The van der Waals surface area contributed by atoms with E-state index in [9.17, 15) is 0 Å². The molecule has 4 heteroatoms. The van der Waals surface area contributed by atoms with E-state index in [0.717, 1.165) is 5.56 Å². The number of halogens is 2. The van der Waals surface area contributed by atoms with Crippen molar-refractivity contribution in [1.82, 2.24) is 0 Å². The van der Waals surface area contributed by atoms with Gasteiger partial charge in [0.15, 0.2) is 0 Å². The fourth-order valence-corrected chi connectivity index (χ4v) is 1.60. The van der Waals surface area contributed by atoms with Gasteiger partial charge in [0.1, 0.15) is 4.74 Å².